The largest absolute Gasteiger partial charge is 0.319 e. The Balaban J connectivity index is 1.91. The van der Waals surface area contributed by atoms with Crippen LogP contribution in [0.15, 0.2) is 59.8 Å². The molecule has 0 aliphatic rings. The van der Waals surface area contributed by atoms with E-state index in [1.54, 1.807) is 13.2 Å². The topological polar surface area (TPSA) is 107 Å². The molecule has 1 heterocycles. The van der Waals surface area contributed by atoms with Gasteiger partial charge in [0, 0.05) is 18.8 Å². The molecule has 0 spiro atoms. The first kappa shape index (κ1) is 17.8. The third-order valence-corrected chi connectivity index (χ3v) is 4.57. The Bertz CT molecular complexity index is 1080. The number of nitrogens with two attached hydrogens (primary N) is 1. The number of sulfonamides is 1. The second-order valence-corrected chi connectivity index (χ2v) is 7.22. The first-order chi connectivity index (χ1) is 12.2. The van der Waals surface area contributed by atoms with Crippen LogP contribution in [0.25, 0.3) is 11.1 Å². The van der Waals surface area contributed by atoms with Crippen LogP contribution < -0.4 is 10.5 Å². The van der Waals surface area contributed by atoms with Crippen LogP contribution in [0.5, 0.6) is 0 Å². The van der Waals surface area contributed by atoms with Crippen molar-refractivity contribution in [2.45, 2.75) is 4.90 Å². The van der Waals surface area contributed by atoms with E-state index < -0.39 is 21.7 Å². The van der Waals surface area contributed by atoms with E-state index in [0.29, 0.717) is 16.8 Å². The Morgan fingerprint density at radius 2 is 1.85 bits per heavy atom. The fourth-order valence-electron chi connectivity index (χ4n) is 2.41. The molecule has 9 heteroatoms. The molecule has 7 nitrogen and oxygen atoms in total. The van der Waals surface area contributed by atoms with Crippen molar-refractivity contribution in [2.75, 3.05) is 5.32 Å². The van der Waals surface area contributed by atoms with E-state index in [2.05, 4.69) is 10.4 Å². The van der Waals surface area contributed by atoms with Crippen LogP contribution in [-0.4, -0.2) is 24.1 Å². The van der Waals surface area contributed by atoms with E-state index in [4.69, 9.17) is 5.14 Å². The van der Waals surface area contributed by atoms with Gasteiger partial charge in [0.25, 0.3) is 5.91 Å². The molecule has 0 unspecified atom stereocenters. The van der Waals surface area contributed by atoms with Crippen LogP contribution in [0, 0.1) is 5.82 Å². The molecule has 3 rings (SSSR count). The Morgan fingerprint density at radius 1 is 1.15 bits per heavy atom. The summed E-state index contributed by atoms with van der Waals surface area (Å²) in [7, 11) is -2.10. The molecule has 0 saturated heterocycles. The summed E-state index contributed by atoms with van der Waals surface area (Å²) in [4.78, 5) is 12.3. The summed E-state index contributed by atoms with van der Waals surface area (Å²) >= 11 is 0. The van der Waals surface area contributed by atoms with Crippen molar-refractivity contribution < 1.29 is 17.6 Å². The highest BCUT2D eigenvalue weighted by atomic mass is 32.2. The average molecular weight is 374 g/mol. The average Bonchev–Trinajstić information content (AvgIpc) is 2.98. The number of carbonyl (C=O) groups excluding carboxylic acids is 1. The number of halogens is 1. The summed E-state index contributed by atoms with van der Waals surface area (Å²) in [5, 5.41) is 11.6. The fraction of sp³-hybridized carbons (Fsp3) is 0.0588. The Kier molecular flexibility index (Phi) is 4.58. The quantitative estimate of drug-likeness (QED) is 0.729. The monoisotopic (exact) mass is 374 g/mol. The maximum atomic E-state index is 14.0. The molecule has 1 aromatic heterocycles. The SMILES string of the molecule is Cn1cc(NC(=O)c2cc(F)cc(-c3ccc(S(N)(=O)=O)cc3)c2)cn1. The van der Waals surface area contributed by atoms with Crippen LogP contribution in [0.1, 0.15) is 10.4 Å². The number of primary sulfonamides is 1. The molecule has 0 aliphatic heterocycles. The number of carbonyl (C=O) groups is 1. The molecule has 0 bridgehead atoms. The lowest BCUT2D eigenvalue weighted by Gasteiger charge is -2.08. The van der Waals surface area contributed by atoms with Gasteiger partial charge in [-0.3, -0.25) is 9.48 Å². The van der Waals surface area contributed by atoms with Crippen LogP contribution >= 0.6 is 0 Å². The molecule has 26 heavy (non-hydrogen) atoms. The van der Waals surface area contributed by atoms with Crippen molar-refractivity contribution in [3.8, 4) is 11.1 Å². The molecule has 0 saturated carbocycles. The molecular formula is C17H15FN4O3S. The Labute approximate surface area is 149 Å². The van der Waals surface area contributed by atoms with Crippen molar-refractivity contribution in [1.29, 1.82) is 0 Å². The van der Waals surface area contributed by atoms with Gasteiger partial charge in [0.15, 0.2) is 0 Å². The summed E-state index contributed by atoms with van der Waals surface area (Å²) in [6.07, 6.45) is 3.09. The predicted octanol–water partition coefficient (Wildman–Crippen LogP) is 2.13. The van der Waals surface area contributed by atoms with Gasteiger partial charge in [-0.05, 0) is 41.5 Å². The lowest BCUT2D eigenvalue weighted by Crippen LogP contribution is -2.12. The van der Waals surface area contributed by atoms with Gasteiger partial charge >= 0.3 is 0 Å². The summed E-state index contributed by atoms with van der Waals surface area (Å²) in [6.45, 7) is 0. The Morgan fingerprint density at radius 3 is 2.42 bits per heavy atom. The summed E-state index contributed by atoms with van der Waals surface area (Å²) in [5.41, 5.74) is 1.59. The number of aryl methyl sites for hydroxylation is 1. The third-order valence-electron chi connectivity index (χ3n) is 3.64. The number of aromatic nitrogens is 2. The van der Waals surface area contributed by atoms with Gasteiger partial charge in [-0.25, -0.2) is 17.9 Å². The number of nitrogens with zero attached hydrogens (tertiary/aromatic N) is 2. The van der Waals surface area contributed by atoms with E-state index in [9.17, 15) is 17.6 Å². The molecule has 2 aromatic carbocycles. The van der Waals surface area contributed by atoms with Crippen molar-refractivity contribution in [3.05, 3.63) is 66.2 Å². The molecule has 0 fully saturated rings. The van der Waals surface area contributed by atoms with Crippen molar-refractivity contribution in [1.82, 2.24) is 9.78 Å². The van der Waals surface area contributed by atoms with Crippen LogP contribution in [0.3, 0.4) is 0 Å². The number of anilines is 1. The zero-order chi connectivity index (χ0) is 18.9. The zero-order valence-electron chi connectivity index (χ0n) is 13.7. The number of amides is 1. The Hall–Kier alpha value is -3.04. The van der Waals surface area contributed by atoms with Crippen LogP contribution in [0.2, 0.25) is 0 Å². The molecule has 0 radical (unpaired) electrons. The molecule has 134 valence electrons. The predicted molar refractivity (Wildman–Crippen MR) is 94.4 cm³/mol. The van der Waals surface area contributed by atoms with Gasteiger partial charge in [-0.2, -0.15) is 5.10 Å². The minimum Gasteiger partial charge on any atom is -0.319 e. The smallest absolute Gasteiger partial charge is 0.255 e. The van der Waals surface area contributed by atoms with E-state index >= 15 is 0 Å². The van der Waals surface area contributed by atoms with Crippen molar-refractivity contribution in [3.63, 3.8) is 0 Å². The third kappa shape index (κ3) is 3.95. The molecule has 1 amide bonds. The van der Waals surface area contributed by atoms with Crippen LogP contribution in [0.4, 0.5) is 10.1 Å². The second-order valence-electron chi connectivity index (χ2n) is 5.65. The van der Waals surface area contributed by atoms with Gasteiger partial charge in [-0.1, -0.05) is 12.1 Å². The number of rotatable bonds is 4. The van der Waals surface area contributed by atoms with E-state index in [1.165, 1.54) is 47.3 Å². The lowest BCUT2D eigenvalue weighted by molar-refractivity contribution is 0.102. The van der Waals surface area contributed by atoms with Crippen LogP contribution in [-0.2, 0) is 17.1 Å². The lowest BCUT2D eigenvalue weighted by atomic mass is 10.0. The van der Waals surface area contributed by atoms with E-state index in [-0.39, 0.29) is 10.5 Å². The van der Waals surface area contributed by atoms with Gasteiger partial charge in [0.2, 0.25) is 10.0 Å². The number of benzene rings is 2. The zero-order valence-corrected chi connectivity index (χ0v) is 14.5. The normalized spacial score (nSPS) is 11.3. The number of hydrogen-bond donors (Lipinski definition) is 2. The maximum Gasteiger partial charge on any atom is 0.255 e. The summed E-state index contributed by atoms with van der Waals surface area (Å²) in [5.74, 6) is -1.07. The first-order valence-corrected chi connectivity index (χ1v) is 9.01. The standard InChI is InChI=1S/C17H15FN4O3S/c1-22-10-15(9-20-22)21-17(23)13-6-12(7-14(18)8-13)11-2-4-16(5-3-11)26(19,24)25/h2-10H,1H3,(H,21,23)(H2,19,24,25). The van der Waals surface area contributed by atoms with Crippen molar-refractivity contribution in [2.24, 2.45) is 12.2 Å². The van der Waals surface area contributed by atoms with E-state index in [0.717, 1.165) is 6.07 Å². The summed E-state index contributed by atoms with van der Waals surface area (Å²) < 4.78 is 38.1. The molecule has 3 aromatic rings. The van der Waals surface area contributed by atoms with Crippen molar-refractivity contribution >= 4 is 21.6 Å². The van der Waals surface area contributed by atoms with Gasteiger partial charge < -0.3 is 5.32 Å². The summed E-state index contributed by atoms with van der Waals surface area (Å²) in [6, 6.07) is 9.53. The highest BCUT2D eigenvalue weighted by Gasteiger charge is 2.12. The number of hydrogen-bond acceptors (Lipinski definition) is 4. The highest BCUT2D eigenvalue weighted by molar-refractivity contribution is 7.89. The number of nitrogens with one attached hydrogen (secondary N) is 1. The molecule has 0 atom stereocenters. The minimum atomic E-state index is -3.81. The molecule has 0 aliphatic carbocycles. The minimum absolute atomic E-state index is 0.0489. The first-order valence-electron chi connectivity index (χ1n) is 7.46. The van der Waals surface area contributed by atoms with E-state index in [1.807, 2.05) is 0 Å². The second kappa shape index (κ2) is 6.70. The maximum absolute atomic E-state index is 14.0. The van der Waals surface area contributed by atoms with Gasteiger partial charge in [-0.15, -0.1) is 0 Å². The highest BCUT2D eigenvalue weighted by Crippen LogP contribution is 2.24. The fourth-order valence-corrected chi connectivity index (χ4v) is 2.93. The molecular weight excluding hydrogens is 359 g/mol. The van der Waals surface area contributed by atoms with Gasteiger partial charge in [0.1, 0.15) is 5.82 Å². The molecule has 3 N–H and O–H groups in total. The van der Waals surface area contributed by atoms with Gasteiger partial charge in [0.05, 0.1) is 16.8 Å².